The van der Waals surface area contributed by atoms with E-state index in [0.717, 1.165) is 42.1 Å². The van der Waals surface area contributed by atoms with Crippen LogP contribution in [0, 0.1) is 0 Å². The number of likely N-dealkylation sites (tertiary alicyclic amines) is 1. The maximum Gasteiger partial charge on any atom is 0.210 e. The van der Waals surface area contributed by atoms with Gasteiger partial charge in [-0.15, -0.1) is 11.8 Å². The van der Waals surface area contributed by atoms with E-state index in [1.165, 1.54) is 0 Å². The Kier molecular flexibility index (Phi) is 3.83. The van der Waals surface area contributed by atoms with Crippen LogP contribution in [0.3, 0.4) is 0 Å². The van der Waals surface area contributed by atoms with Gasteiger partial charge >= 0.3 is 0 Å². The van der Waals surface area contributed by atoms with E-state index in [4.69, 9.17) is 0 Å². The molecule has 1 aromatic heterocycles. The van der Waals surface area contributed by atoms with Crippen LogP contribution in [0.5, 0.6) is 0 Å². The van der Waals surface area contributed by atoms with E-state index in [9.17, 15) is 4.79 Å². The zero-order valence-corrected chi connectivity index (χ0v) is 10.2. The van der Waals surface area contributed by atoms with E-state index in [1.807, 2.05) is 17.2 Å². The molecule has 1 aliphatic heterocycles. The lowest BCUT2D eigenvalue weighted by atomic mass is 10.1. The van der Waals surface area contributed by atoms with Crippen molar-refractivity contribution < 1.29 is 4.79 Å². The van der Waals surface area contributed by atoms with Crippen molar-refractivity contribution in [3.8, 4) is 0 Å². The highest BCUT2D eigenvalue weighted by Gasteiger charge is 2.24. The summed E-state index contributed by atoms with van der Waals surface area (Å²) in [6.07, 6.45) is 5.01. The molecule has 0 aromatic carbocycles. The molecular weight excluding hydrogens is 220 g/mol. The second-order valence-corrected chi connectivity index (χ2v) is 5.15. The highest BCUT2D eigenvalue weighted by Crippen LogP contribution is 2.30. The topological polar surface area (TPSA) is 33.2 Å². The SMILES string of the molecule is CCSc1ccc(C2CCCN2C=O)cn1. The monoisotopic (exact) mass is 236 g/mol. The molecule has 1 fully saturated rings. The van der Waals surface area contributed by atoms with Crippen molar-refractivity contribution in [3.05, 3.63) is 23.9 Å². The highest BCUT2D eigenvalue weighted by molar-refractivity contribution is 7.99. The Morgan fingerprint density at radius 2 is 2.50 bits per heavy atom. The zero-order valence-electron chi connectivity index (χ0n) is 9.43. The molecule has 0 saturated carbocycles. The fourth-order valence-electron chi connectivity index (χ4n) is 2.10. The molecule has 4 heteroatoms. The smallest absolute Gasteiger partial charge is 0.210 e. The van der Waals surface area contributed by atoms with Gasteiger partial charge in [0.1, 0.15) is 0 Å². The highest BCUT2D eigenvalue weighted by atomic mass is 32.2. The van der Waals surface area contributed by atoms with E-state index in [1.54, 1.807) is 11.8 Å². The van der Waals surface area contributed by atoms with Gasteiger partial charge < -0.3 is 4.90 Å². The molecule has 1 aliphatic rings. The summed E-state index contributed by atoms with van der Waals surface area (Å²) in [7, 11) is 0. The Morgan fingerprint density at radius 3 is 3.12 bits per heavy atom. The van der Waals surface area contributed by atoms with Gasteiger partial charge in [-0.3, -0.25) is 4.79 Å². The normalized spacial score (nSPS) is 20.1. The first kappa shape index (κ1) is 11.5. The van der Waals surface area contributed by atoms with Crippen molar-refractivity contribution in [1.29, 1.82) is 0 Å². The summed E-state index contributed by atoms with van der Waals surface area (Å²) >= 11 is 1.74. The summed E-state index contributed by atoms with van der Waals surface area (Å²) in [6.45, 7) is 2.99. The number of aromatic nitrogens is 1. The van der Waals surface area contributed by atoms with Gasteiger partial charge in [0.05, 0.1) is 11.1 Å². The fourth-order valence-corrected chi connectivity index (χ4v) is 2.68. The van der Waals surface area contributed by atoms with Crippen LogP contribution in [0.2, 0.25) is 0 Å². The average Bonchev–Trinajstić information content (AvgIpc) is 2.78. The lowest BCUT2D eigenvalue weighted by molar-refractivity contribution is -0.118. The summed E-state index contributed by atoms with van der Waals surface area (Å²) < 4.78 is 0. The second-order valence-electron chi connectivity index (χ2n) is 3.86. The van der Waals surface area contributed by atoms with Gasteiger partial charge in [-0.2, -0.15) is 0 Å². The first-order valence-corrected chi connectivity index (χ1v) is 6.63. The fraction of sp³-hybridized carbons (Fsp3) is 0.500. The molecule has 0 N–H and O–H groups in total. The summed E-state index contributed by atoms with van der Waals surface area (Å²) in [4.78, 5) is 17.1. The summed E-state index contributed by atoms with van der Waals surface area (Å²) in [5, 5.41) is 1.06. The van der Waals surface area contributed by atoms with Gasteiger partial charge in [-0.25, -0.2) is 4.98 Å². The molecule has 1 aromatic rings. The van der Waals surface area contributed by atoms with Crippen molar-refractivity contribution in [2.24, 2.45) is 0 Å². The number of carbonyl (C=O) groups is 1. The molecule has 1 atom stereocenters. The number of hydrogen-bond acceptors (Lipinski definition) is 3. The minimum absolute atomic E-state index is 0.241. The van der Waals surface area contributed by atoms with E-state index in [0.29, 0.717) is 0 Å². The molecule has 0 bridgehead atoms. The van der Waals surface area contributed by atoms with Gasteiger partial charge in [-0.1, -0.05) is 13.0 Å². The first-order chi connectivity index (χ1) is 7.85. The molecule has 1 amide bonds. The second kappa shape index (κ2) is 5.34. The zero-order chi connectivity index (χ0) is 11.4. The standard InChI is InChI=1S/C12H16N2OS/c1-2-16-12-6-5-10(8-13-12)11-4-3-7-14(11)9-15/h5-6,8-9,11H,2-4,7H2,1H3. The molecule has 2 rings (SSSR count). The average molecular weight is 236 g/mol. The van der Waals surface area contributed by atoms with Gasteiger partial charge in [0.25, 0.3) is 0 Å². The Labute approximate surface area is 100 Å². The third kappa shape index (κ3) is 2.38. The van der Waals surface area contributed by atoms with Crippen molar-refractivity contribution in [3.63, 3.8) is 0 Å². The lowest BCUT2D eigenvalue weighted by Gasteiger charge is -2.19. The third-order valence-electron chi connectivity index (χ3n) is 2.87. The third-order valence-corrected chi connectivity index (χ3v) is 3.69. The van der Waals surface area contributed by atoms with Crippen LogP contribution in [0.15, 0.2) is 23.4 Å². The summed E-state index contributed by atoms with van der Waals surface area (Å²) in [6, 6.07) is 4.38. The predicted molar refractivity (Wildman–Crippen MR) is 65.4 cm³/mol. The van der Waals surface area contributed by atoms with E-state index < -0.39 is 0 Å². The quantitative estimate of drug-likeness (QED) is 0.595. The Balaban J connectivity index is 2.11. The van der Waals surface area contributed by atoms with E-state index in [-0.39, 0.29) is 6.04 Å². The molecule has 16 heavy (non-hydrogen) atoms. The number of rotatable bonds is 4. The summed E-state index contributed by atoms with van der Waals surface area (Å²) in [5.74, 6) is 1.04. The van der Waals surface area contributed by atoms with Crippen LogP contribution < -0.4 is 0 Å². The maximum absolute atomic E-state index is 10.9. The molecule has 0 radical (unpaired) electrons. The minimum Gasteiger partial charge on any atom is -0.338 e. The molecule has 1 unspecified atom stereocenters. The van der Waals surface area contributed by atoms with E-state index in [2.05, 4.69) is 18.0 Å². The van der Waals surface area contributed by atoms with Crippen molar-refractivity contribution in [2.75, 3.05) is 12.3 Å². The number of thioether (sulfide) groups is 1. The van der Waals surface area contributed by atoms with Gasteiger partial charge in [0, 0.05) is 12.7 Å². The molecule has 0 aliphatic carbocycles. The number of carbonyl (C=O) groups excluding carboxylic acids is 1. The molecule has 3 nitrogen and oxygen atoms in total. The van der Waals surface area contributed by atoms with Gasteiger partial charge in [0.2, 0.25) is 6.41 Å². The lowest BCUT2D eigenvalue weighted by Crippen LogP contribution is -2.21. The van der Waals surface area contributed by atoms with Crippen LogP contribution >= 0.6 is 11.8 Å². The molecule has 2 heterocycles. The van der Waals surface area contributed by atoms with Crippen molar-refractivity contribution in [1.82, 2.24) is 9.88 Å². The van der Waals surface area contributed by atoms with Crippen molar-refractivity contribution in [2.45, 2.75) is 30.8 Å². The Hall–Kier alpha value is -1.03. The van der Waals surface area contributed by atoms with Gasteiger partial charge in [0.15, 0.2) is 0 Å². The first-order valence-electron chi connectivity index (χ1n) is 5.65. The largest absolute Gasteiger partial charge is 0.338 e. The summed E-state index contributed by atoms with van der Waals surface area (Å²) in [5.41, 5.74) is 1.16. The van der Waals surface area contributed by atoms with Crippen LogP contribution in [-0.4, -0.2) is 28.6 Å². The number of nitrogens with zero attached hydrogens (tertiary/aromatic N) is 2. The molecule has 0 spiro atoms. The Morgan fingerprint density at radius 1 is 1.62 bits per heavy atom. The molecular formula is C12H16N2OS. The predicted octanol–water partition coefficient (Wildman–Crippen LogP) is 2.49. The van der Waals surface area contributed by atoms with Crippen LogP contribution in [0.25, 0.3) is 0 Å². The van der Waals surface area contributed by atoms with E-state index >= 15 is 0 Å². The number of hydrogen-bond donors (Lipinski definition) is 0. The maximum atomic E-state index is 10.9. The molecule has 86 valence electrons. The van der Waals surface area contributed by atoms with Crippen LogP contribution in [-0.2, 0) is 4.79 Å². The number of amides is 1. The number of pyridine rings is 1. The Bertz CT molecular complexity index is 353. The minimum atomic E-state index is 0.241. The van der Waals surface area contributed by atoms with Crippen LogP contribution in [0.4, 0.5) is 0 Å². The van der Waals surface area contributed by atoms with Gasteiger partial charge in [-0.05, 0) is 30.2 Å². The molecule has 1 saturated heterocycles. The van der Waals surface area contributed by atoms with Crippen molar-refractivity contribution >= 4 is 18.2 Å². The van der Waals surface area contributed by atoms with Crippen LogP contribution in [0.1, 0.15) is 31.4 Å².